The highest BCUT2D eigenvalue weighted by Crippen LogP contribution is 2.38. The lowest BCUT2D eigenvalue weighted by molar-refractivity contribution is -0.163. The number of aliphatic hydroxyl groups is 1. The van der Waals surface area contributed by atoms with E-state index < -0.39 is 63.3 Å². The van der Waals surface area contributed by atoms with E-state index in [0.717, 1.165) is 71.1 Å². The van der Waals surface area contributed by atoms with Gasteiger partial charge in [0.15, 0.2) is 11.6 Å². The van der Waals surface area contributed by atoms with Crippen LogP contribution in [0.25, 0.3) is 22.5 Å². The van der Waals surface area contributed by atoms with Gasteiger partial charge in [-0.3, -0.25) is 43.8 Å². The number of nitrogens with zero attached hydrogens (tertiary/aromatic N) is 6. The molecule has 0 radical (unpaired) electrons. The van der Waals surface area contributed by atoms with Crippen molar-refractivity contribution >= 4 is 76.1 Å². The molecule has 0 bridgehead atoms. The van der Waals surface area contributed by atoms with Crippen molar-refractivity contribution in [3.8, 4) is 22.5 Å². The van der Waals surface area contributed by atoms with E-state index in [0.29, 0.717) is 49.0 Å². The van der Waals surface area contributed by atoms with Crippen LogP contribution >= 0.6 is 11.6 Å². The molecular formula is C97H135ClN10O18. The van der Waals surface area contributed by atoms with Crippen molar-refractivity contribution in [2.75, 3.05) is 39.5 Å². The minimum absolute atomic E-state index is 0. The number of aromatic amines is 2. The van der Waals surface area contributed by atoms with E-state index in [4.69, 9.17) is 56.2 Å². The van der Waals surface area contributed by atoms with Crippen molar-refractivity contribution in [2.24, 2.45) is 23.7 Å². The maximum atomic E-state index is 12.7. The highest BCUT2D eigenvalue weighted by atomic mass is 35.5. The van der Waals surface area contributed by atoms with Crippen LogP contribution in [0.5, 0.6) is 0 Å². The molecule has 8 atom stereocenters. The Morgan fingerprint density at radius 3 is 1.33 bits per heavy atom. The lowest BCUT2D eigenvalue weighted by Crippen LogP contribution is -2.54. The van der Waals surface area contributed by atoms with Crippen LogP contribution in [-0.2, 0) is 67.0 Å². The lowest BCUT2D eigenvalue weighted by atomic mass is 9.80. The SMILES string of the molecule is C1CCOC1.CC1C(C(=O)c2ccccc2)C(=O)CCN1C(=O)OC(C)(C)C.CC1CC(=O)C(C(=O)c2ccccc2)CN1C(=O)OC(C)(C)C.CC1CC(=O)CCC1C(=O)OC(C)(C)C.CC1Cc2[nH]nc(-c3ccccc3)c2CN1C(=O)OC(C)(C)C.CC1c2c(-c3ccccc3)n[nH]c2CCN1C(=O)OC(C)(C)C.CCO.N=N.O=C(Cl)c1ccccc1.[HH]. The van der Waals surface area contributed by atoms with Gasteiger partial charge in [-0.2, -0.15) is 10.2 Å². The number of carbonyl (C=O) groups excluding carboxylic acids is 11. The number of Topliss-reactive ketones (excluding diaryl/α,β-unsaturated/α-hetero) is 5. The predicted octanol–water partition coefficient (Wildman–Crippen LogP) is 19.9. The van der Waals surface area contributed by atoms with Gasteiger partial charge < -0.3 is 53.1 Å². The summed E-state index contributed by atoms with van der Waals surface area (Å²) >= 11 is 5.16. The first kappa shape index (κ1) is 105. The number of nitrogens with one attached hydrogen (secondary N) is 4. The number of amides is 4. The summed E-state index contributed by atoms with van der Waals surface area (Å²) < 4.78 is 32.1. The van der Waals surface area contributed by atoms with Crippen molar-refractivity contribution in [3.05, 3.63) is 191 Å². The molecule has 688 valence electrons. The van der Waals surface area contributed by atoms with Gasteiger partial charge in [0.25, 0.3) is 5.24 Å². The van der Waals surface area contributed by atoms with Crippen molar-refractivity contribution in [1.29, 1.82) is 11.1 Å². The molecule has 6 aliphatic rings. The van der Waals surface area contributed by atoms with Gasteiger partial charge in [-0.15, -0.1) is 0 Å². The number of aliphatic hydroxyl groups excluding tert-OH is 1. The number of piperidine rings is 2. The predicted molar refractivity (Wildman–Crippen MR) is 485 cm³/mol. The van der Waals surface area contributed by atoms with Crippen LogP contribution in [0.4, 0.5) is 19.2 Å². The molecule has 7 heterocycles. The van der Waals surface area contributed by atoms with Gasteiger partial charge in [0, 0.05) is 148 Å². The van der Waals surface area contributed by atoms with Gasteiger partial charge in [-0.25, -0.2) is 30.2 Å². The summed E-state index contributed by atoms with van der Waals surface area (Å²) in [6, 6.07) is 45.5. The number of H-pyrrole nitrogens is 2. The first-order chi connectivity index (χ1) is 59.1. The zero-order valence-corrected chi connectivity index (χ0v) is 78.1. The van der Waals surface area contributed by atoms with E-state index >= 15 is 0 Å². The van der Waals surface area contributed by atoms with Crippen LogP contribution in [0, 0.1) is 34.7 Å². The fourth-order valence-electron chi connectivity index (χ4n) is 14.3. The number of esters is 1. The number of ether oxygens (including phenoxy) is 6. The molecule has 5 aliphatic heterocycles. The van der Waals surface area contributed by atoms with Crippen LogP contribution < -0.4 is 0 Å². The monoisotopic (exact) mass is 1760 g/mol. The average molecular weight is 1760 g/mol. The summed E-state index contributed by atoms with van der Waals surface area (Å²) in [6.45, 7) is 42.6. The highest BCUT2D eigenvalue weighted by Gasteiger charge is 2.44. The zero-order chi connectivity index (χ0) is 94.2. The Kier molecular flexibility index (Phi) is 41.1. The number of ketones is 5. The Bertz CT molecular complexity index is 4610. The molecule has 1 aliphatic carbocycles. The quantitative estimate of drug-likeness (QED) is 0.0236. The molecule has 7 aromatic rings. The normalized spacial score (nSPS) is 19.5. The van der Waals surface area contributed by atoms with E-state index in [1.807, 2.05) is 162 Å². The van der Waals surface area contributed by atoms with Gasteiger partial charge in [0.2, 0.25) is 0 Å². The third-order valence-corrected chi connectivity index (χ3v) is 20.4. The Hall–Kier alpha value is -11.1. The molecule has 29 heteroatoms. The van der Waals surface area contributed by atoms with Gasteiger partial charge in [0.1, 0.15) is 51.3 Å². The fraction of sp³-hybridized carbons (Fsp3) is 0.515. The van der Waals surface area contributed by atoms with E-state index in [1.54, 1.807) is 145 Å². The highest BCUT2D eigenvalue weighted by molar-refractivity contribution is 6.67. The molecule has 13 rings (SSSR count). The van der Waals surface area contributed by atoms with E-state index in [1.165, 1.54) is 22.6 Å². The molecule has 2 aromatic heterocycles. The number of fused-ring (bicyclic) bond motifs is 2. The summed E-state index contributed by atoms with van der Waals surface area (Å²) in [5, 5.41) is 22.4. The number of hydrogen-bond acceptors (Lipinski definition) is 22. The largest absolute Gasteiger partial charge is 0.460 e. The van der Waals surface area contributed by atoms with Crippen LogP contribution in [0.15, 0.2) is 152 Å². The summed E-state index contributed by atoms with van der Waals surface area (Å²) in [6.07, 6.45) is 4.61. The van der Waals surface area contributed by atoms with Gasteiger partial charge in [-0.1, -0.05) is 159 Å². The summed E-state index contributed by atoms with van der Waals surface area (Å²) in [5.74, 6) is -2.22. The van der Waals surface area contributed by atoms with Crippen LogP contribution in [0.2, 0.25) is 0 Å². The topological polar surface area (TPSA) is 381 Å². The van der Waals surface area contributed by atoms with Gasteiger partial charge >= 0.3 is 30.3 Å². The van der Waals surface area contributed by atoms with Crippen LogP contribution in [0.3, 0.4) is 0 Å². The standard InChI is InChI=1S/2C18H23N3O2.2C18H23NO4.C12H20O3.C7H5ClO.C4H8O.C2H6O.H2N2.H2/c1-12-10-15-14(11-21(12)17(22)23-18(2,3)4)16(20-19-15)13-8-6-5-7-9-13;1-12-15-14(10-11-21(12)17(22)23-18(2,3)4)19-20-16(15)13-8-6-5-7-9-13;1-12-10-15(20)14(16(21)13-8-6-5-7-9-13)11-19(12)17(22)23-18(2,3)4;1-12-15(16(21)13-8-6-5-7-9-13)14(20)10-11-19(12)17(22)23-18(2,3)4;1-8-7-9(13)5-6-10(8)11(14)15-12(2,3)4;8-7(9)6-4-2-1-3-5-6;1-2-4-5-3-1;1-2-3;1-2;/h2*5-9,12H,10-11H2,1-4H3,(H,19,20);5-9,12,14H,10-11H2,1-4H3;5-9,12,15H,10-11H2,1-4H3;8,10H,5-7H2,1-4H3;1-5H;1-4H2;3H,2H2,1H3;1-2H;1H. The first-order valence-corrected chi connectivity index (χ1v) is 43.4. The third kappa shape index (κ3) is 34.0. The minimum atomic E-state index is -0.835. The Morgan fingerprint density at radius 1 is 0.492 bits per heavy atom. The first-order valence-electron chi connectivity index (χ1n) is 43.0. The van der Waals surface area contributed by atoms with E-state index in [-0.39, 0.29) is 111 Å². The number of rotatable bonds is 8. The van der Waals surface area contributed by atoms with E-state index in [9.17, 15) is 52.7 Å². The molecule has 5 N–H and O–H groups in total. The maximum absolute atomic E-state index is 12.7. The maximum Gasteiger partial charge on any atom is 0.410 e. The Balaban J connectivity index is 0.000000317. The number of benzene rings is 5. The van der Waals surface area contributed by atoms with Gasteiger partial charge in [0.05, 0.1) is 35.8 Å². The van der Waals surface area contributed by atoms with Crippen molar-refractivity contribution in [3.63, 3.8) is 0 Å². The number of halogens is 1. The number of hydrogen-bond donors (Lipinski definition) is 5. The molecule has 4 fully saturated rings. The summed E-state index contributed by atoms with van der Waals surface area (Å²) in [5.41, 5.74) is 17.2. The molecule has 1 saturated carbocycles. The number of carbonyl (C=O) groups is 11. The summed E-state index contributed by atoms with van der Waals surface area (Å²) in [7, 11) is 0. The number of likely N-dealkylation sites (tertiary alicyclic amines) is 2. The average Bonchev–Trinajstić information content (AvgIpc) is 1.65. The Morgan fingerprint density at radius 2 is 0.889 bits per heavy atom. The second-order valence-electron chi connectivity index (χ2n) is 36.4. The smallest absolute Gasteiger partial charge is 0.410 e. The van der Waals surface area contributed by atoms with E-state index in [2.05, 4.69) is 20.4 Å². The van der Waals surface area contributed by atoms with Gasteiger partial charge in [-0.05, 0) is 175 Å². The number of aromatic nitrogens is 4. The summed E-state index contributed by atoms with van der Waals surface area (Å²) in [4.78, 5) is 139. The molecule has 3 saturated heterocycles. The third-order valence-electron chi connectivity index (χ3n) is 20.2. The van der Waals surface area contributed by atoms with Crippen molar-refractivity contribution < 1.29 is 87.7 Å². The second kappa shape index (κ2) is 49.1. The fourth-order valence-corrected chi connectivity index (χ4v) is 14.4. The zero-order valence-electron chi connectivity index (χ0n) is 77.3. The molecule has 28 nitrogen and oxygen atoms in total. The molecule has 8 unspecified atom stereocenters. The second-order valence-corrected chi connectivity index (χ2v) is 36.8. The Labute approximate surface area is 749 Å². The molecular weight excluding hydrogens is 1630 g/mol. The lowest BCUT2D eigenvalue weighted by Gasteiger charge is -2.38. The van der Waals surface area contributed by atoms with Crippen LogP contribution in [0.1, 0.15) is 251 Å². The van der Waals surface area contributed by atoms with Crippen LogP contribution in [-0.4, -0.2) is 195 Å². The molecule has 0 spiro atoms. The molecule has 5 aromatic carbocycles. The minimum Gasteiger partial charge on any atom is -0.460 e. The molecule has 126 heavy (non-hydrogen) atoms. The molecule has 4 amide bonds. The van der Waals surface area contributed by atoms with Crippen molar-refractivity contribution in [2.45, 2.75) is 262 Å². The van der Waals surface area contributed by atoms with Crippen molar-refractivity contribution in [1.82, 2.24) is 40.0 Å².